The van der Waals surface area contributed by atoms with Crippen molar-refractivity contribution in [3.63, 3.8) is 0 Å². The summed E-state index contributed by atoms with van der Waals surface area (Å²) in [5.41, 5.74) is 8.15. The molecule has 0 bridgehead atoms. The van der Waals surface area contributed by atoms with E-state index < -0.39 is 0 Å². The van der Waals surface area contributed by atoms with Crippen molar-refractivity contribution in [2.75, 3.05) is 37.4 Å². The van der Waals surface area contributed by atoms with Crippen LogP contribution in [0.25, 0.3) is 0 Å². The molecule has 0 radical (unpaired) electrons. The second-order valence-corrected chi connectivity index (χ2v) is 5.95. The molecule has 2 aromatic rings. The molecule has 1 aliphatic rings. The Morgan fingerprint density at radius 2 is 2.04 bits per heavy atom. The molecule has 1 fully saturated rings. The average Bonchev–Trinajstić information content (AvgIpc) is 3.04. The molecule has 0 spiro atoms. The molecule has 2 heterocycles. The monoisotopic (exact) mass is 379 g/mol. The van der Waals surface area contributed by atoms with Crippen LogP contribution >= 0.6 is 12.4 Å². The SMILES string of the molecule is Cc1ccc(N)cc1C(=O)Nc1cnn(CC(=O)N2CCOCC2)c1.Cl. The third kappa shape index (κ3) is 4.74. The lowest BCUT2D eigenvalue weighted by atomic mass is 10.1. The molecule has 0 aliphatic carbocycles. The first-order valence-electron chi connectivity index (χ1n) is 8.08. The number of nitrogens with one attached hydrogen (secondary N) is 1. The number of benzene rings is 1. The van der Waals surface area contributed by atoms with E-state index in [2.05, 4.69) is 10.4 Å². The van der Waals surface area contributed by atoms with E-state index in [0.29, 0.717) is 43.2 Å². The predicted octanol–water partition coefficient (Wildman–Crippen LogP) is 1.31. The van der Waals surface area contributed by atoms with Gasteiger partial charge in [-0.05, 0) is 24.6 Å². The number of aryl methyl sites for hydroxylation is 1. The van der Waals surface area contributed by atoms with Gasteiger partial charge in [-0.3, -0.25) is 14.3 Å². The Morgan fingerprint density at radius 1 is 1.31 bits per heavy atom. The highest BCUT2D eigenvalue weighted by Crippen LogP contribution is 2.15. The maximum absolute atomic E-state index is 12.4. The van der Waals surface area contributed by atoms with Crippen LogP contribution in [0.4, 0.5) is 11.4 Å². The van der Waals surface area contributed by atoms with Crippen LogP contribution < -0.4 is 11.1 Å². The molecule has 1 aliphatic heterocycles. The molecule has 140 valence electrons. The Bertz CT molecular complexity index is 786. The molecular formula is C17H22ClN5O3. The lowest BCUT2D eigenvalue weighted by Crippen LogP contribution is -2.42. The molecule has 9 heteroatoms. The minimum Gasteiger partial charge on any atom is -0.399 e. The maximum Gasteiger partial charge on any atom is 0.256 e. The number of hydrogen-bond donors (Lipinski definition) is 2. The molecule has 3 N–H and O–H groups in total. The summed E-state index contributed by atoms with van der Waals surface area (Å²) in [5, 5.41) is 6.91. The van der Waals surface area contributed by atoms with Crippen LogP contribution in [-0.4, -0.2) is 52.8 Å². The number of ether oxygens (including phenoxy) is 1. The number of anilines is 2. The highest BCUT2D eigenvalue weighted by molar-refractivity contribution is 6.05. The zero-order chi connectivity index (χ0) is 17.8. The summed E-state index contributed by atoms with van der Waals surface area (Å²) in [6.45, 7) is 4.29. The van der Waals surface area contributed by atoms with Gasteiger partial charge in [-0.2, -0.15) is 5.10 Å². The number of carbonyl (C=O) groups excluding carboxylic acids is 2. The van der Waals surface area contributed by atoms with Crippen molar-refractivity contribution in [2.45, 2.75) is 13.5 Å². The number of morpholine rings is 1. The van der Waals surface area contributed by atoms with Gasteiger partial charge in [0.1, 0.15) is 6.54 Å². The molecule has 1 aromatic carbocycles. The van der Waals surface area contributed by atoms with Gasteiger partial charge in [-0.15, -0.1) is 12.4 Å². The number of amides is 2. The Kier molecular flexibility index (Phi) is 6.59. The van der Waals surface area contributed by atoms with Crippen LogP contribution in [0.1, 0.15) is 15.9 Å². The highest BCUT2D eigenvalue weighted by atomic mass is 35.5. The van der Waals surface area contributed by atoms with Gasteiger partial charge in [0, 0.05) is 30.5 Å². The molecule has 1 aromatic heterocycles. The molecule has 1 saturated heterocycles. The fraction of sp³-hybridized carbons (Fsp3) is 0.353. The number of carbonyl (C=O) groups is 2. The summed E-state index contributed by atoms with van der Waals surface area (Å²) in [6, 6.07) is 5.19. The van der Waals surface area contributed by atoms with Crippen molar-refractivity contribution in [1.82, 2.24) is 14.7 Å². The predicted molar refractivity (Wildman–Crippen MR) is 100 cm³/mol. The van der Waals surface area contributed by atoms with E-state index in [1.807, 2.05) is 6.92 Å². The fourth-order valence-corrected chi connectivity index (χ4v) is 2.65. The van der Waals surface area contributed by atoms with Gasteiger partial charge in [0.05, 0.1) is 25.1 Å². The van der Waals surface area contributed by atoms with E-state index in [9.17, 15) is 9.59 Å². The molecular weight excluding hydrogens is 358 g/mol. The van der Waals surface area contributed by atoms with Gasteiger partial charge < -0.3 is 20.7 Å². The van der Waals surface area contributed by atoms with Crippen molar-refractivity contribution in [2.24, 2.45) is 0 Å². The van der Waals surface area contributed by atoms with Gasteiger partial charge in [0.2, 0.25) is 5.91 Å². The smallest absolute Gasteiger partial charge is 0.256 e. The van der Waals surface area contributed by atoms with Crippen LogP contribution in [0, 0.1) is 6.92 Å². The van der Waals surface area contributed by atoms with Gasteiger partial charge in [-0.1, -0.05) is 6.07 Å². The standard InChI is InChI=1S/C17H21N5O3.ClH/c1-12-2-3-13(18)8-15(12)17(24)20-14-9-19-22(10-14)11-16(23)21-4-6-25-7-5-21;/h2-3,8-10H,4-7,11,18H2,1H3,(H,20,24);1H. The second kappa shape index (κ2) is 8.68. The Hall–Kier alpha value is -2.58. The number of nitrogens with zero attached hydrogens (tertiary/aromatic N) is 3. The zero-order valence-electron chi connectivity index (χ0n) is 14.5. The Labute approximate surface area is 157 Å². The lowest BCUT2D eigenvalue weighted by Gasteiger charge is -2.26. The summed E-state index contributed by atoms with van der Waals surface area (Å²) < 4.78 is 6.75. The zero-order valence-corrected chi connectivity index (χ0v) is 15.3. The first-order chi connectivity index (χ1) is 12.0. The van der Waals surface area contributed by atoms with Crippen LogP contribution in [-0.2, 0) is 16.1 Å². The van der Waals surface area contributed by atoms with Crippen LogP contribution in [0.3, 0.4) is 0 Å². The van der Waals surface area contributed by atoms with E-state index in [1.54, 1.807) is 29.3 Å². The number of halogens is 1. The van der Waals surface area contributed by atoms with Gasteiger partial charge in [0.15, 0.2) is 0 Å². The molecule has 0 saturated carbocycles. The lowest BCUT2D eigenvalue weighted by molar-refractivity contribution is -0.136. The fourth-order valence-electron chi connectivity index (χ4n) is 2.65. The van der Waals surface area contributed by atoms with Crippen molar-refractivity contribution < 1.29 is 14.3 Å². The molecule has 8 nitrogen and oxygen atoms in total. The molecule has 0 unspecified atom stereocenters. The van der Waals surface area contributed by atoms with Crippen molar-refractivity contribution in [1.29, 1.82) is 0 Å². The highest BCUT2D eigenvalue weighted by Gasteiger charge is 2.18. The van der Waals surface area contributed by atoms with E-state index >= 15 is 0 Å². The topological polar surface area (TPSA) is 102 Å². The van der Waals surface area contributed by atoms with Crippen molar-refractivity contribution in [3.8, 4) is 0 Å². The van der Waals surface area contributed by atoms with Gasteiger partial charge in [0.25, 0.3) is 5.91 Å². The van der Waals surface area contributed by atoms with E-state index in [4.69, 9.17) is 10.5 Å². The third-order valence-corrected chi connectivity index (χ3v) is 4.06. The minimum absolute atomic E-state index is 0. The van der Waals surface area contributed by atoms with E-state index in [1.165, 1.54) is 10.9 Å². The van der Waals surface area contributed by atoms with Gasteiger partial charge >= 0.3 is 0 Å². The summed E-state index contributed by atoms with van der Waals surface area (Å²) in [7, 11) is 0. The van der Waals surface area contributed by atoms with Crippen LogP contribution in [0.5, 0.6) is 0 Å². The molecule has 3 rings (SSSR count). The molecule has 26 heavy (non-hydrogen) atoms. The summed E-state index contributed by atoms with van der Waals surface area (Å²) in [5.74, 6) is -0.278. The summed E-state index contributed by atoms with van der Waals surface area (Å²) in [4.78, 5) is 26.3. The van der Waals surface area contributed by atoms with Crippen LogP contribution in [0.15, 0.2) is 30.6 Å². The quantitative estimate of drug-likeness (QED) is 0.779. The maximum atomic E-state index is 12.4. The summed E-state index contributed by atoms with van der Waals surface area (Å²) >= 11 is 0. The number of rotatable bonds is 4. The number of hydrogen-bond acceptors (Lipinski definition) is 5. The number of nitrogen functional groups attached to an aromatic ring is 1. The number of aromatic nitrogens is 2. The van der Waals surface area contributed by atoms with Crippen LogP contribution in [0.2, 0.25) is 0 Å². The van der Waals surface area contributed by atoms with Gasteiger partial charge in [-0.25, -0.2) is 0 Å². The summed E-state index contributed by atoms with van der Waals surface area (Å²) in [6.07, 6.45) is 3.16. The van der Waals surface area contributed by atoms with Crippen molar-refractivity contribution in [3.05, 3.63) is 41.7 Å². The Morgan fingerprint density at radius 3 is 2.77 bits per heavy atom. The third-order valence-electron chi connectivity index (χ3n) is 4.06. The van der Waals surface area contributed by atoms with E-state index in [0.717, 1.165) is 5.56 Å². The Balaban J connectivity index is 0.00000243. The normalized spacial score (nSPS) is 13.8. The molecule has 0 atom stereocenters. The van der Waals surface area contributed by atoms with Crippen molar-refractivity contribution >= 4 is 35.6 Å². The van der Waals surface area contributed by atoms with E-state index in [-0.39, 0.29) is 30.8 Å². The average molecular weight is 380 g/mol. The largest absolute Gasteiger partial charge is 0.399 e. The first kappa shape index (κ1) is 19.7. The first-order valence-corrected chi connectivity index (χ1v) is 8.08. The number of nitrogens with two attached hydrogens (primary N) is 1. The second-order valence-electron chi connectivity index (χ2n) is 5.95. The molecule has 2 amide bonds. The minimum atomic E-state index is -0.260.